The van der Waals surface area contributed by atoms with Crippen LogP contribution in [0.5, 0.6) is 0 Å². The molecule has 0 unspecified atom stereocenters. The SMILES string of the molecule is CC1=C(C(N)=O)[C@H](c2ccco2)C(C#N)=C(SCC(=O)N2CCc3ccccc3C2)N1. The Balaban J connectivity index is 1.54. The molecule has 1 atom stereocenters. The molecule has 158 valence electrons. The molecule has 1 aromatic heterocycles. The minimum atomic E-state index is -0.696. The fourth-order valence-corrected chi connectivity index (χ4v) is 5.02. The van der Waals surface area contributed by atoms with Crippen LogP contribution in [0.2, 0.25) is 0 Å². The zero-order valence-corrected chi connectivity index (χ0v) is 17.9. The molecule has 2 aromatic rings. The van der Waals surface area contributed by atoms with Crippen molar-refractivity contribution < 1.29 is 14.0 Å². The van der Waals surface area contributed by atoms with E-state index in [2.05, 4.69) is 17.5 Å². The first-order chi connectivity index (χ1) is 15.0. The van der Waals surface area contributed by atoms with E-state index in [9.17, 15) is 14.9 Å². The Hall–Kier alpha value is -3.44. The summed E-state index contributed by atoms with van der Waals surface area (Å²) >= 11 is 1.26. The molecule has 8 heteroatoms. The first-order valence-corrected chi connectivity index (χ1v) is 10.9. The number of dihydropyridines is 1. The monoisotopic (exact) mass is 434 g/mol. The number of allylic oxidation sites excluding steroid dienone is 2. The molecule has 3 N–H and O–H groups in total. The summed E-state index contributed by atoms with van der Waals surface area (Å²) in [5.74, 6) is -0.671. The van der Waals surface area contributed by atoms with Crippen LogP contribution in [0.1, 0.15) is 29.7 Å². The van der Waals surface area contributed by atoms with Gasteiger partial charge in [-0.15, -0.1) is 0 Å². The number of amides is 2. The van der Waals surface area contributed by atoms with Crippen molar-refractivity contribution in [2.24, 2.45) is 5.73 Å². The highest BCUT2D eigenvalue weighted by molar-refractivity contribution is 8.03. The third-order valence-corrected chi connectivity index (χ3v) is 6.57. The molecule has 0 saturated heterocycles. The van der Waals surface area contributed by atoms with Crippen LogP contribution in [0, 0.1) is 11.3 Å². The van der Waals surface area contributed by atoms with E-state index in [4.69, 9.17) is 10.2 Å². The van der Waals surface area contributed by atoms with Gasteiger partial charge in [-0.05, 0) is 36.6 Å². The number of nitrogens with zero attached hydrogens (tertiary/aromatic N) is 2. The number of hydrogen-bond acceptors (Lipinski definition) is 6. The molecule has 2 aliphatic rings. The lowest BCUT2D eigenvalue weighted by Gasteiger charge is -2.30. The van der Waals surface area contributed by atoms with Crippen LogP contribution < -0.4 is 11.1 Å². The minimum Gasteiger partial charge on any atom is -0.468 e. The molecule has 2 amide bonds. The van der Waals surface area contributed by atoms with E-state index in [1.807, 2.05) is 23.1 Å². The molecule has 3 heterocycles. The summed E-state index contributed by atoms with van der Waals surface area (Å²) in [5, 5.41) is 13.5. The molecule has 0 aliphatic carbocycles. The maximum absolute atomic E-state index is 12.9. The average Bonchev–Trinajstić information content (AvgIpc) is 3.30. The van der Waals surface area contributed by atoms with Gasteiger partial charge in [-0.2, -0.15) is 5.26 Å². The second-order valence-electron chi connectivity index (χ2n) is 7.45. The highest BCUT2D eigenvalue weighted by Gasteiger charge is 2.35. The Morgan fingerprint density at radius 2 is 2.06 bits per heavy atom. The summed E-state index contributed by atoms with van der Waals surface area (Å²) in [7, 11) is 0. The van der Waals surface area contributed by atoms with Gasteiger partial charge in [0.2, 0.25) is 11.8 Å². The molecule has 2 aliphatic heterocycles. The molecular weight excluding hydrogens is 412 g/mol. The van der Waals surface area contributed by atoms with Gasteiger partial charge in [0.25, 0.3) is 0 Å². The number of benzene rings is 1. The number of fused-ring (bicyclic) bond motifs is 1. The number of carbonyl (C=O) groups excluding carboxylic acids is 2. The van der Waals surface area contributed by atoms with Gasteiger partial charge in [-0.3, -0.25) is 9.59 Å². The predicted octanol–water partition coefficient (Wildman–Crippen LogP) is 2.78. The van der Waals surface area contributed by atoms with E-state index in [0.717, 1.165) is 6.42 Å². The van der Waals surface area contributed by atoms with Crippen LogP contribution in [-0.2, 0) is 22.6 Å². The maximum Gasteiger partial charge on any atom is 0.247 e. The largest absolute Gasteiger partial charge is 0.468 e. The number of carbonyl (C=O) groups is 2. The van der Waals surface area contributed by atoms with Gasteiger partial charge in [0.05, 0.1) is 40.2 Å². The lowest BCUT2D eigenvalue weighted by molar-refractivity contribution is -0.129. The number of nitrogens with two attached hydrogens (primary N) is 1. The fraction of sp³-hybridized carbons (Fsp3) is 0.261. The van der Waals surface area contributed by atoms with E-state index in [1.165, 1.54) is 29.2 Å². The lowest BCUT2D eigenvalue weighted by Crippen LogP contribution is -2.37. The summed E-state index contributed by atoms with van der Waals surface area (Å²) in [4.78, 5) is 26.8. The van der Waals surface area contributed by atoms with Crippen molar-refractivity contribution in [2.45, 2.75) is 25.8 Å². The van der Waals surface area contributed by atoms with E-state index < -0.39 is 11.8 Å². The second kappa shape index (κ2) is 8.74. The summed E-state index contributed by atoms with van der Waals surface area (Å²) in [6.45, 7) is 2.99. The molecule has 1 aromatic carbocycles. The molecule has 0 fully saturated rings. The number of nitriles is 1. The third kappa shape index (κ3) is 4.09. The van der Waals surface area contributed by atoms with Crippen LogP contribution in [0.15, 0.2) is 69.0 Å². The highest BCUT2D eigenvalue weighted by atomic mass is 32.2. The lowest BCUT2D eigenvalue weighted by atomic mass is 9.86. The quantitative estimate of drug-likeness (QED) is 0.748. The Morgan fingerprint density at radius 1 is 1.29 bits per heavy atom. The van der Waals surface area contributed by atoms with Crippen molar-refractivity contribution >= 4 is 23.6 Å². The number of hydrogen-bond donors (Lipinski definition) is 2. The smallest absolute Gasteiger partial charge is 0.247 e. The van der Waals surface area contributed by atoms with Gasteiger partial charge in [0.15, 0.2) is 0 Å². The van der Waals surface area contributed by atoms with E-state index >= 15 is 0 Å². The molecule has 0 spiro atoms. The maximum atomic E-state index is 12.9. The van der Waals surface area contributed by atoms with Crippen molar-refractivity contribution in [1.29, 1.82) is 5.26 Å². The van der Waals surface area contributed by atoms with E-state index in [-0.39, 0.29) is 17.2 Å². The Morgan fingerprint density at radius 3 is 2.74 bits per heavy atom. The normalized spacial score (nSPS) is 18.3. The van der Waals surface area contributed by atoms with Crippen molar-refractivity contribution in [2.75, 3.05) is 12.3 Å². The summed E-state index contributed by atoms with van der Waals surface area (Å²) in [5.41, 5.74) is 9.20. The topological polar surface area (TPSA) is 112 Å². The number of rotatable bonds is 5. The van der Waals surface area contributed by atoms with Crippen molar-refractivity contribution in [1.82, 2.24) is 10.2 Å². The van der Waals surface area contributed by atoms with Gasteiger partial charge in [-0.1, -0.05) is 36.0 Å². The van der Waals surface area contributed by atoms with Gasteiger partial charge >= 0.3 is 0 Å². The van der Waals surface area contributed by atoms with Gasteiger partial charge in [-0.25, -0.2) is 0 Å². The minimum absolute atomic E-state index is 0.00275. The van der Waals surface area contributed by atoms with Gasteiger partial charge < -0.3 is 20.4 Å². The zero-order chi connectivity index (χ0) is 22.0. The Kier molecular flexibility index (Phi) is 5.87. The van der Waals surface area contributed by atoms with E-state index in [0.29, 0.717) is 35.1 Å². The Labute approximate surface area is 184 Å². The molecular formula is C23H22N4O3S. The van der Waals surface area contributed by atoms with Crippen LogP contribution in [0.25, 0.3) is 0 Å². The number of thioether (sulfide) groups is 1. The molecule has 31 heavy (non-hydrogen) atoms. The van der Waals surface area contributed by atoms with Crippen LogP contribution >= 0.6 is 11.8 Å². The molecule has 0 bridgehead atoms. The summed E-state index contributed by atoms with van der Waals surface area (Å²) in [6.07, 6.45) is 2.33. The number of nitrogens with one attached hydrogen (secondary N) is 1. The molecule has 7 nitrogen and oxygen atoms in total. The Bertz CT molecular complexity index is 1130. The third-order valence-electron chi connectivity index (χ3n) is 5.56. The van der Waals surface area contributed by atoms with Crippen molar-refractivity contribution in [3.8, 4) is 6.07 Å². The van der Waals surface area contributed by atoms with Gasteiger partial charge in [0.1, 0.15) is 5.76 Å². The van der Waals surface area contributed by atoms with Crippen LogP contribution in [0.3, 0.4) is 0 Å². The van der Waals surface area contributed by atoms with Gasteiger partial charge in [0, 0.05) is 18.8 Å². The first-order valence-electron chi connectivity index (χ1n) is 9.92. The zero-order valence-electron chi connectivity index (χ0n) is 17.1. The second-order valence-corrected chi connectivity index (χ2v) is 8.44. The summed E-state index contributed by atoms with van der Waals surface area (Å²) in [6, 6.07) is 13.7. The number of furan rings is 1. The van der Waals surface area contributed by atoms with Crippen molar-refractivity contribution in [3.63, 3.8) is 0 Å². The molecule has 0 radical (unpaired) electrons. The number of primary amides is 1. The summed E-state index contributed by atoms with van der Waals surface area (Å²) < 4.78 is 5.50. The van der Waals surface area contributed by atoms with E-state index in [1.54, 1.807) is 19.1 Å². The fourth-order valence-electron chi connectivity index (χ4n) is 4.03. The predicted molar refractivity (Wildman–Crippen MR) is 117 cm³/mol. The van der Waals surface area contributed by atoms with Crippen molar-refractivity contribution in [3.05, 3.63) is 81.4 Å². The van der Waals surface area contributed by atoms with Crippen LogP contribution in [0.4, 0.5) is 0 Å². The standard InChI is InChI=1S/C23H22N4O3S/c1-14-20(22(25)29)21(18-7-4-10-30-18)17(11-24)23(26-14)31-13-19(28)27-9-8-15-5-2-3-6-16(15)12-27/h2-7,10,21,26H,8-9,12-13H2,1H3,(H2,25,29)/t21-/m0/s1. The molecule has 0 saturated carbocycles. The first kappa shape index (κ1) is 20.8. The average molecular weight is 435 g/mol. The van der Waals surface area contributed by atoms with Crippen LogP contribution in [-0.4, -0.2) is 29.0 Å². The molecule has 4 rings (SSSR count). The highest BCUT2D eigenvalue weighted by Crippen LogP contribution is 2.40.